The Balaban J connectivity index is 2.29. The lowest BCUT2D eigenvalue weighted by molar-refractivity contribution is 0.600. The van der Waals surface area contributed by atoms with Crippen LogP contribution in [0.5, 0.6) is 0 Å². The molecule has 0 aliphatic rings. The van der Waals surface area contributed by atoms with Crippen molar-refractivity contribution in [1.82, 2.24) is 14.8 Å². The average Bonchev–Trinajstić information content (AvgIpc) is 2.67. The molecule has 0 aliphatic carbocycles. The van der Waals surface area contributed by atoms with E-state index >= 15 is 0 Å². The normalized spacial score (nSPS) is 10.5. The van der Waals surface area contributed by atoms with Crippen LogP contribution in [0.1, 0.15) is 5.56 Å². The number of nitrogens with one attached hydrogen (secondary N) is 1. The van der Waals surface area contributed by atoms with Gasteiger partial charge in [-0.2, -0.15) is 5.10 Å². The first-order valence-corrected chi connectivity index (χ1v) is 5.55. The van der Waals surface area contributed by atoms with Crippen molar-refractivity contribution in [3.8, 4) is 0 Å². The molecule has 5 nitrogen and oxygen atoms in total. The number of amidine groups is 1. The Labute approximate surface area is 101 Å². The van der Waals surface area contributed by atoms with Crippen LogP contribution in [0.3, 0.4) is 0 Å². The molecule has 0 spiro atoms. The minimum Gasteiger partial charge on any atom is -0.384 e. The molecule has 0 radical (unpaired) electrons. The highest BCUT2D eigenvalue weighted by molar-refractivity contribution is 7.99. The van der Waals surface area contributed by atoms with E-state index in [0.29, 0.717) is 15.6 Å². The van der Waals surface area contributed by atoms with Gasteiger partial charge in [-0.25, -0.2) is 14.1 Å². The third kappa shape index (κ3) is 2.44. The molecule has 1 heterocycles. The summed E-state index contributed by atoms with van der Waals surface area (Å²) >= 11 is 1.17. The maximum absolute atomic E-state index is 13.7. The molecule has 0 unspecified atom stereocenters. The number of nitrogens with zero attached hydrogens (tertiary/aromatic N) is 3. The first-order chi connectivity index (χ1) is 8.08. The minimum atomic E-state index is -0.425. The van der Waals surface area contributed by atoms with Gasteiger partial charge >= 0.3 is 0 Å². The van der Waals surface area contributed by atoms with Crippen LogP contribution in [-0.2, 0) is 7.05 Å². The maximum atomic E-state index is 13.7. The van der Waals surface area contributed by atoms with E-state index in [4.69, 9.17) is 11.1 Å². The molecule has 1 aromatic carbocycles. The molecule has 3 N–H and O–H groups in total. The predicted molar refractivity (Wildman–Crippen MR) is 62.5 cm³/mol. The monoisotopic (exact) mass is 251 g/mol. The van der Waals surface area contributed by atoms with Crippen LogP contribution in [0.2, 0.25) is 0 Å². The molecule has 0 saturated carbocycles. The van der Waals surface area contributed by atoms with Gasteiger partial charge in [-0.3, -0.25) is 5.41 Å². The van der Waals surface area contributed by atoms with Gasteiger partial charge in [-0.05, 0) is 30.0 Å². The Morgan fingerprint density at radius 2 is 2.29 bits per heavy atom. The summed E-state index contributed by atoms with van der Waals surface area (Å²) in [7, 11) is 1.73. The van der Waals surface area contributed by atoms with Crippen LogP contribution in [0.15, 0.2) is 34.6 Å². The molecule has 7 heteroatoms. The number of benzene rings is 1. The highest BCUT2D eigenvalue weighted by Crippen LogP contribution is 2.28. The highest BCUT2D eigenvalue weighted by atomic mass is 32.2. The van der Waals surface area contributed by atoms with Crippen LogP contribution in [0.4, 0.5) is 4.39 Å². The summed E-state index contributed by atoms with van der Waals surface area (Å²) in [5, 5.41) is 11.7. The number of aromatic nitrogens is 3. The van der Waals surface area contributed by atoms with Gasteiger partial charge in [0, 0.05) is 12.6 Å². The fourth-order valence-corrected chi connectivity index (χ4v) is 2.00. The van der Waals surface area contributed by atoms with Gasteiger partial charge < -0.3 is 5.73 Å². The Morgan fingerprint density at radius 3 is 2.82 bits per heavy atom. The zero-order valence-corrected chi connectivity index (χ0v) is 9.83. The fourth-order valence-electron chi connectivity index (χ4n) is 1.23. The number of hydrogen-bond donors (Lipinski definition) is 2. The Morgan fingerprint density at radius 1 is 1.53 bits per heavy atom. The highest BCUT2D eigenvalue weighted by Gasteiger charge is 2.09. The van der Waals surface area contributed by atoms with E-state index in [9.17, 15) is 4.39 Å². The van der Waals surface area contributed by atoms with Gasteiger partial charge in [0.1, 0.15) is 18.0 Å². The second-order valence-electron chi connectivity index (χ2n) is 3.33. The van der Waals surface area contributed by atoms with Gasteiger partial charge in [0.25, 0.3) is 0 Å². The first-order valence-electron chi connectivity index (χ1n) is 4.73. The molecule has 0 amide bonds. The third-order valence-electron chi connectivity index (χ3n) is 2.11. The molecular formula is C10H10FN5S. The molecule has 0 aliphatic heterocycles. The van der Waals surface area contributed by atoms with E-state index < -0.39 is 5.82 Å². The maximum Gasteiger partial charge on any atom is 0.190 e. The Bertz CT molecular complexity index is 566. The van der Waals surface area contributed by atoms with Crippen molar-refractivity contribution >= 4 is 17.6 Å². The Kier molecular flexibility index (Phi) is 3.10. The van der Waals surface area contributed by atoms with Crippen molar-refractivity contribution in [2.45, 2.75) is 10.1 Å². The van der Waals surface area contributed by atoms with Gasteiger partial charge in [0.2, 0.25) is 0 Å². The van der Waals surface area contributed by atoms with Crippen LogP contribution in [0.25, 0.3) is 0 Å². The molecule has 17 heavy (non-hydrogen) atoms. The van der Waals surface area contributed by atoms with Gasteiger partial charge in [-0.15, -0.1) is 0 Å². The summed E-state index contributed by atoms with van der Waals surface area (Å²) < 4.78 is 15.3. The second-order valence-corrected chi connectivity index (χ2v) is 4.34. The molecule has 2 aromatic rings. The summed E-state index contributed by atoms with van der Waals surface area (Å²) in [4.78, 5) is 4.41. The van der Waals surface area contributed by atoms with Gasteiger partial charge in [-0.1, -0.05) is 0 Å². The van der Waals surface area contributed by atoms with E-state index in [0.717, 1.165) is 0 Å². The van der Waals surface area contributed by atoms with Crippen molar-refractivity contribution < 1.29 is 4.39 Å². The number of nitrogens with two attached hydrogens (primary N) is 1. The largest absolute Gasteiger partial charge is 0.384 e. The zero-order chi connectivity index (χ0) is 12.4. The van der Waals surface area contributed by atoms with Gasteiger partial charge in [0.05, 0.1) is 4.90 Å². The summed E-state index contributed by atoms with van der Waals surface area (Å²) in [5.41, 5.74) is 5.64. The number of halogens is 1. The number of rotatable bonds is 3. The van der Waals surface area contributed by atoms with E-state index in [1.165, 1.54) is 24.2 Å². The SMILES string of the molecule is Cn1ncnc1Sc1ccc(C(=N)N)cc1F. The van der Waals surface area contributed by atoms with E-state index in [1.54, 1.807) is 23.9 Å². The molecule has 1 aromatic heterocycles. The summed E-state index contributed by atoms with van der Waals surface area (Å²) in [6.07, 6.45) is 1.41. The molecule has 0 fully saturated rings. The van der Waals surface area contributed by atoms with Crippen molar-refractivity contribution in [3.63, 3.8) is 0 Å². The molecule has 88 valence electrons. The smallest absolute Gasteiger partial charge is 0.190 e. The molecule has 0 atom stereocenters. The number of aryl methyl sites for hydroxylation is 1. The lowest BCUT2D eigenvalue weighted by Crippen LogP contribution is -2.11. The average molecular weight is 251 g/mol. The standard InChI is InChI=1S/C10H10FN5S/c1-16-10(14-5-15-16)17-8-3-2-6(9(12)13)4-7(8)11/h2-5H,1H3,(H3,12,13). The van der Waals surface area contributed by atoms with Crippen molar-refractivity contribution in [1.29, 1.82) is 5.41 Å². The topological polar surface area (TPSA) is 80.6 Å². The second kappa shape index (κ2) is 4.54. The molecule has 2 rings (SSSR count). The first kappa shape index (κ1) is 11.6. The van der Waals surface area contributed by atoms with Crippen molar-refractivity contribution in [2.75, 3.05) is 0 Å². The van der Waals surface area contributed by atoms with Crippen LogP contribution < -0.4 is 5.73 Å². The third-order valence-corrected chi connectivity index (χ3v) is 3.22. The van der Waals surface area contributed by atoms with Crippen molar-refractivity contribution in [3.05, 3.63) is 35.9 Å². The lowest BCUT2D eigenvalue weighted by Gasteiger charge is -2.04. The van der Waals surface area contributed by atoms with Gasteiger partial charge in [0.15, 0.2) is 5.16 Å². The van der Waals surface area contributed by atoms with Crippen molar-refractivity contribution in [2.24, 2.45) is 12.8 Å². The van der Waals surface area contributed by atoms with E-state index in [2.05, 4.69) is 10.1 Å². The van der Waals surface area contributed by atoms with Crippen LogP contribution in [-0.4, -0.2) is 20.6 Å². The zero-order valence-electron chi connectivity index (χ0n) is 9.01. The number of hydrogen-bond acceptors (Lipinski definition) is 4. The van der Waals surface area contributed by atoms with E-state index in [1.807, 2.05) is 0 Å². The van der Waals surface area contributed by atoms with E-state index in [-0.39, 0.29) is 5.84 Å². The lowest BCUT2D eigenvalue weighted by atomic mass is 10.2. The molecule has 0 saturated heterocycles. The quantitative estimate of drug-likeness (QED) is 0.638. The van der Waals surface area contributed by atoms with Crippen LogP contribution in [0, 0.1) is 11.2 Å². The molecular weight excluding hydrogens is 241 g/mol. The fraction of sp³-hybridized carbons (Fsp3) is 0.100. The summed E-state index contributed by atoms with van der Waals surface area (Å²) in [5.74, 6) is -0.579. The minimum absolute atomic E-state index is 0.154. The number of nitrogen functional groups attached to an aromatic ring is 1. The summed E-state index contributed by atoms with van der Waals surface area (Å²) in [6, 6.07) is 4.41. The predicted octanol–water partition coefficient (Wildman–Crippen LogP) is 1.39. The Hall–Kier alpha value is -1.89. The molecule has 0 bridgehead atoms. The summed E-state index contributed by atoms with van der Waals surface area (Å²) in [6.45, 7) is 0. The van der Waals surface area contributed by atoms with Crippen LogP contribution >= 0.6 is 11.8 Å².